The first kappa shape index (κ1) is 17.0. The van der Waals surface area contributed by atoms with Crippen LogP contribution in [0.1, 0.15) is 12.6 Å². The van der Waals surface area contributed by atoms with Gasteiger partial charge in [0.05, 0.1) is 11.4 Å². The van der Waals surface area contributed by atoms with Crippen molar-refractivity contribution in [1.82, 2.24) is 9.38 Å². The number of hydrogen-bond acceptors (Lipinski definition) is 5. The first-order valence-electron chi connectivity index (χ1n) is 7.47. The summed E-state index contributed by atoms with van der Waals surface area (Å²) < 4.78 is 15.1. The first-order chi connectivity index (χ1) is 12.0. The van der Waals surface area contributed by atoms with Crippen molar-refractivity contribution in [3.05, 3.63) is 63.8 Å². The van der Waals surface area contributed by atoms with Crippen LogP contribution in [0.2, 0.25) is 0 Å². The van der Waals surface area contributed by atoms with Crippen LogP contribution in [-0.4, -0.2) is 21.1 Å². The highest BCUT2D eigenvalue weighted by molar-refractivity contribution is 7.15. The van der Waals surface area contributed by atoms with Crippen LogP contribution in [0.25, 0.3) is 4.96 Å². The maximum atomic E-state index is 13.7. The van der Waals surface area contributed by atoms with E-state index in [1.807, 2.05) is 0 Å². The fourth-order valence-corrected chi connectivity index (χ4v) is 3.14. The summed E-state index contributed by atoms with van der Waals surface area (Å²) in [5.41, 5.74) is 0.0647. The Hall–Kier alpha value is -2.87. The van der Waals surface area contributed by atoms with Gasteiger partial charge in [0.15, 0.2) is 4.96 Å². The van der Waals surface area contributed by atoms with Crippen LogP contribution >= 0.6 is 11.3 Å². The number of halogens is 1. The Morgan fingerprint density at radius 1 is 1.36 bits per heavy atom. The van der Waals surface area contributed by atoms with Crippen molar-refractivity contribution in [1.29, 1.82) is 0 Å². The van der Waals surface area contributed by atoms with Gasteiger partial charge in [-0.1, -0.05) is 12.1 Å². The Balaban J connectivity index is 1.85. The average Bonchev–Trinajstić information content (AvgIpc) is 3.03. The number of hydrogen-bond donors (Lipinski definition) is 1. The molecule has 6 nitrogen and oxygen atoms in total. The van der Waals surface area contributed by atoms with Crippen LogP contribution in [0.5, 0.6) is 0 Å². The lowest BCUT2D eigenvalue weighted by Crippen LogP contribution is -2.31. The van der Waals surface area contributed by atoms with Crippen molar-refractivity contribution >= 4 is 33.7 Å². The molecular formula is C17H14FN3O3S. The number of Topliss-reactive ketones (excluding diaryl/α,β-unsaturated/α-hetero) is 1. The smallest absolute Gasteiger partial charge is 0.258 e. The maximum absolute atomic E-state index is 13.7. The van der Waals surface area contributed by atoms with Gasteiger partial charge in [0, 0.05) is 24.1 Å². The average molecular weight is 359 g/mol. The van der Waals surface area contributed by atoms with Crippen LogP contribution in [0.4, 0.5) is 10.1 Å². The highest BCUT2D eigenvalue weighted by Crippen LogP contribution is 2.16. The molecule has 0 saturated heterocycles. The van der Waals surface area contributed by atoms with Crippen molar-refractivity contribution in [3.63, 3.8) is 0 Å². The van der Waals surface area contributed by atoms with Crippen molar-refractivity contribution in [2.45, 2.75) is 13.3 Å². The molecule has 2 heterocycles. The number of anilines is 1. The molecule has 0 aliphatic heterocycles. The molecule has 8 heteroatoms. The lowest BCUT2D eigenvalue weighted by molar-refractivity contribution is -0.129. The molecular weight excluding hydrogens is 345 g/mol. The number of fused-ring (bicyclic) bond motifs is 1. The standard InChI is InChI=1S/C17H14FN3O3S/c1-10(22)12(16(24)20-14-5-3-2-4-13(14)18)8-11-9-15(23)21-6-7-25-17(21)19-11/h2-7,9,12H,8H2,1H3,(H,20,24). The monoisotopic (exact) mass is 359 g/mol. The Bertz CT molecular complexity index is 1010. The Labute approximate surface area is 146 Å². The molecule has 1 N–H and O–H groups in total. The van der Waals surface area contributed by atoms with Crippen molar-refractivity contribution in [2.24, 2.45) is 5.92 Å². The van der Waals surface area contributed by atoms with E-state index in [-0.39, 0.29) is 23.5 Å². The molecule has 1 unspecified atom stereocenters. The normalized spacial score (nSPS) is 12.1. The van der Waals surface area contributed by atoms with E-state index in [0.29, 0.717) is 10.7 Å². The molecule has 0 saturated carbocycles. The summed E-state index contributed by atoms with van der Waals surface area (Å²) in [6, 6.07) is 7.00. The number of amides is 1. The summed E-state index contributed by atoms with van der Waals surface area (Å²) in [7, 11) is 0. The molecule has 0 spiro atoms. The van der Waals surface area contributed by atoms with Gasteiger partial charge in [-0.2, -0.15) is 0 Å². The van der Waals surface area contributed by atoms with Gasteiger partial charge in [-0.05, 0) is 19.1 Å². The second-order valence-corrected chi connectivity index (χ2v) is 6.35. The lowest BCUT2D eigenvalue weighted by Gasteiger charge is -2.14. The minimum Gasteiger partial charge on any atom is -0.323 e. The van der Waals surface area contributed by atoms with Crippen LogP contribution in [0, 0.1) is 11.7 Å². The SMILES string of the molecule is CC(=O)C(Cc1cc(=O)n2ccsc2n1)C(=O)Nc1ccccc1F. The highest BCUT2D eigenvalue weighted by Gasteiger charge is 2.25. The van der Waals surface area contributed by atoms with E-state index in [1.54, 1.807) is 17.6 Å². The quantitative estimate of drug-likeness (QED) is 0.709. The van der Waals surface area contributed by atoms with Crippen LogP contribution in [0.3, 0.4) is 0 Å². The second-order valence-electron chi connectivity index (χ2n) is 5.48. The van der Waals surface area contributed by atoms with Gasteiger partial charge in [0.2, 0.25) is 5.91 Å². The summed E-state index contributed by atoms with van der Waals surface area (Å²) in [6.45, 7) is 1.28. The summed E-state index contributed by atoms with van der Waals surface area (Å²) in [5, 5.41) is 4.14. The summed E-state index contributed by atoms with van der Waals surface area (Å²) in [4.78, 5) is 41.1. The summed E-state index contributed by atoms with van der Waals surface area (Å²) in [6.07, 6.45) is 1.58. The van der Waals surface area contributed by atoms with E-state index in [2.05, 4.69) is 10.3 Å². The molecule has 3 aromatic rings. The molecule has 0 aliphatic carbocycles. The van der Waals surface area contributed by atoms with Crippen molar-refractivity contribution in [2.75, 3.05) is 5.32 Å². The van der Waals surface area contributed by atoms with E-state index >= 15 is 0 Å². The third kappa shape index (κ3) is 3.63. The third-order valence-electron chi connectivity index (χ3n) is 3.71. The molecule has 25 heavy (non-hydrogen) atoms. The molecule has 3 rings (SSSR count). The molecule has 0 fully saturated rings. The predicted octanol–water partition coefficient (Wildman–Crippen LogP) is 2.28. The number of nitrogens with zero attached hydrogens (tertiary/aromatic N) is 2. The molecule has 128 valence electrons. The summed E-state index contributed by atoms with van der Waals surface area (Å²) >= 11 is 1.28. The Morgan fingerprint density at radius 2 is 2.12 bits per heavy atom. The topological polar surface area (TPSA) is 80.5 Å². The van der Waals surface area contributed by atoms with Crippen molar-refractivity contribution < 1.29 is 14.0 Å². The minimum absolute atomic E-state index is 0.000451. The number of thiazole rings is 1. The van der Waals surface area contributed by atoms with Crippen LogP contribution < -0.4 is 10.9 Å². The molecule has 0 radical (unpaired) electrons. The largest absolute Gasteiger partial charge is 0.323 e. The number of benzene rings is 1. The predicted molar refractivity (Wildman–Crippen MR) is 92.2 cm³/mol. The fraction of sp³-hybridized carbons (Fsp3) is 0.176. The number of rotatable bonds is 5. The van der Waals surface area contributed by atoms with Crippen molar-refractivity contribution in [3.8, 4) is 0 Å². The third-order valence-corrected chi connectivity index (χ3v) is 4.47. The zero-order valence-corrected chi connectivity index (χ0v) is 14.0. The zero-order chi connectivity index (χ0) is 18.0. The second kappa shape index (κ2) is 6.94. The zero-order valence-electron chi connectivity index (χ0n) is 13.2. The molecule has 0 aliphatic rings. The van der Waals surface area contributed by atoms with Gasteiger partial charge in [-0.3, -0.25) is 18.8 Å². The van der Waals surface area contributed by atoms with Gasteiger partial charge in [-0.25, -0.2) is 9.37 Å². The van der Waals surface area contributed by atoms with E-state index in [4.69, 9.17) is 0 Å². The van der Waals surface area contributed by atoms with Gasteiger partial charge in [0.25, 0.3) is 5.56 Å². The van der Waals surface area contributed by atoms with E-state index in [0.717, 1.165) is 0 Å². The Morgan fingerprint density at radius 3 is 2.84 bits per heavy atom. The molecule has 1 amide bonds. The van der Waals surface area contributed by atoms with Gasteiger partial charge in [-0.15, -0.1) is 11.3 Å². The lowest BCUT2D eigenvalue weighted by atomic mass is 9.97. The van der Waals surface area contributed by atoms with Gasteiger partial charge >= 0.3 is 0 Å². The molecule has 1 atom stereocenters. The summed E-state index contributed by atoms with van der Waals surface area (Å²) in [5.74, 6) is -2.67. The minimum atomic E-state index is -1.06. The molecule has 0 bridgehead atoms. The van der Waals surface area contributed by atoms with Crippen LogP contribution in [-0.2, 0) is 16.0 Å². The maximum Gasteiger partial charge on any atom is 0.258 e. The molecule has 1 aromatic carbocycles. The number of nitrogens with one attached hydrogen (secondary N) is 1. The number of ketones is 1. The van der Waals surface area contributed by atoms with E-state index < -0.39 is 17.6 Å². The van der Waals surface area contributed by atoms with E-state index in [1.165, 1.54) is 46.9 Å². The fourth-order valence-electron chi connectivity index (χ4n) is 2.41. The molecule has 2 aromatic heterocycles. The van der Waals surface area contributed by atoms with Gasteiger partial charge < -0.3 is 5.32 Å². The number of para-hydroxylation sites is 1. The number of aromatic nitrogens is 2. The Kier molecular flexibility index (Phi) is 4.71. The highest BCUT2D eigenvalue weighted by atomic mass is 32.1. The van der Waals surface area contributed by atoms with Gasteiger partial charge in [0.1, 0.15) is 17.5 Å². The van der Waals surface area contributed by atoms with E-state index in [9.17, 15) is 18.8 Å². The van der Waals surface area contributed by atoms with Crippen LogP contribution in [0.15, 0.2) is 46.7 Å². The number of carbonyl (C=O) groups is 2. The number of carbonyl (C=O) groups excluding carboxylic acids is 2. The first-order valence-corrected chi connectivity index (χ1v) is 8.35.